The number of ketones is 2. The minimum Gasteiger partial charge on any atom is -0.467 e. The molecule has 2 aliphatic heterocycles. The van der Waals surface area contributed by atoms with Crippen LogP contribution in [0.3, 0.4) is 0 Å². The molecule has 1 spiro atoms. The van der Waals surface area contributed by atoms with Crippen LogP contribution in [0.2, 0.25) is 0 Å². The van der Waals surface area contributed by atoms with Crippen molar-refractivity contribution < 1.29 is 39.2 Å². The van der Waals surface area contributed by atoms with Crippen molar-refractivity contribution >= 4 is 17.5 Å². The first-order chi connectivity index (χ1) is 14.7. The van der Waals surface area contributed by atoms with Gasteiger partial charge in [0.05, 0.1) is 0 Å². The van der Waals surface area contributed by atoms with E-state index in [2.05, 4.69) is 5.32 Å². The lowest BCUT2D eigenvalue weighted by Crippen LogP contribution is -2.60. The molecule has 0 radical (unpaired) electrons. The van der Waals surface area contributed by atoms with Crippen molar-refractivity contribution in [3.8, 4) is 0 Å². The van der Waals surface area contributed by atoms with Gasteiger partial charge in [-0.05, 0) is 13.3 Å². The Morgan fingerprint density at radius 3 is 2.52 bits per heavy atom. The molecule has 0 bridgehead atoms. The number of benzene rings is 1. The molecule has 9 nitrogen and oxygen atoms in total. The van der Waals surface area contributed by atoms with Crippen LogP contribution in [0.5, 0.6) is 0 Å². The van der Waals surface area contributed by atoms with Gasteiger partial charge in [-0.2, -0.15) is 0 Å². The molecular weight excluding hydrogens is 406 g/mol. The molecule has 1 fully saturated rings. The minimum atomic E-state index is -2.53. The number of aliphatic hydroxyl groups is 3. The quantitative estimate of drug-likeness (QED) is 0.269. The van der Waals surface area contributed by atoms with Gasteiger partial charge in [-0.3, -0.25) is 14.4 Å². The number of aliphatic hydroxyl groups excluding tert-OH is 3. The number of rotatable bonds is 7. The first kappa shape index (κ1) is 22.8. The normalized spacial score (nSPS) is 30.1. The van der Waals surface area contributed by atoms with Gasteiger partial charge in [0, 0.05) is 18.2 Å². The number of carbonyl (C=O) groups is 3. The molecule has 1 aromatic carbocycles. The van der Waals surface area contributed by atoms with Crippen LogP contribution in [0.25, 0.3) is 0 Å². The largest absolute Gasteiger partial charge is 0.467 e. The Morgan fingerprint density at radius 2 is 1.94 bits per heavy atom. The lowest BCUT2D eigenvalue weighted by Gasteiger charge is -2.32. The maximum atomic E-state index is 13.1. The van der Waals surface area contributed by atoms with Gasteiger partial charge in [0.2, 0.25) is 17.3 Å². The summed E-state index contributed by atoms with van der Waals surface area (Å²) in [5.41, 5.74) is -4.83. The average Bonchev–Trinajstić information content (AvgIpc) is 3.18. The van der Waals surface area contributed by atoms with Crippen molar-refractivity contribution in [2.75, 3.05) is 7.11 Å². The summed E-state index contributed by atoms with van der Waals surface area (Å²) in [5, 5.41) is 34.0. The number of hydrogen-bond acceptors (Lipinski definition) is 8. The molecule has 0 saturated carbocycles. The molecule has 0 aromatic heterocycles. The van der Waals surface area contributed by atoms with Crippen LogP contribution in [0.15, 0.2) is 53.8 Å². The van der Waals surface area contributed by atoms with Crippen molar-refractivity contribution in [1.82, 2.24) is 5.32 Å². The second-order valence-electron chi connectivity index (χ2n) is 7.42. The predicted molar refractivity (Wildman–Crippen MR) is 108 cm³/mol. The smallest absolute Gasteiger partial charge is 0.278 e. The van der Waals surface area contributed by atoms with Crippen molar-refractivity contribution in [3.05, 3.63) is 59.4 Å². The Bertz CT molecular complexity index is 956. The number of carbonyl (C=O) groups excluding carboxylic acids is 3. The molecule has 1 unspecified atom stereocenters. The Morgan fingerprint density at radius 1 is 1.29 bits per heavy atom. The molecule has 31 heavy (non-hydrogen) atoms. The first-order valence-corrected chi connectivity index (χ1v) is 9.80. The van der Waals surface area contributed by atoms with Crippen LogP contribution in [-0.2, 0) is 19.1 Å². The van der Waals surface area contributed by atoms with Gasteiger partial charge >= 0.3 is 0 Å². The van der Waals surface area contributed by atoms with Crippen LogP contribution >= 0.6 is 0 Å². The van der Waals surface area contributed by atoms with Crippen LogP contribution < -0.4 is 5.32 Å². The fourth-order valence-corrected chi connectivity index (χ4v) is 3.81. The lowest BCUT2D eigenvalue weighted by atomic mass is 9.85. The van der Waals surface area contributed by atoms with Crippen LogP contribution in [-0.4, -0.2) is 69.5 Å². The summed E-state index contributed by atoms with van der Waals surface area (Å²) in [5.74, 6) is -3.15. The lowest BCUT2D eigenvalue weighted by molar-refractivity contribution is -0.163. The van der Waals surface area contributed by atoms with E-state index >= 15 is 0 Å². The molecule has 4 N–H and O–H groups in total. The fourth-order valence-electron chi connectivity index (χ4n) is 3.81. The summed E-state index contributed by atoms with van der Waals surface area (Å²) >= 11 is 0. The summed E-state index contributed by atoms with van der Waals surface area (Å²) < 4.78 is 10.8. The van der Waals surface area contributed by atoms with Gasteiger partial charge in [0.1, 0.15) is 18.0 Å². The Labute approximate surface area is 179 Å². The highest BCUT2D eigenvalue weighted by molar-refractivity contribution is 6.23. The highest BCUT2D eigenvalue weighted by Crippen LogP contribution is 2.44. The van der Waals surface area contributed by atoms with E-state index in [4.69, 9.17) is 9.47 Å². The molecular formula is C22H25NO8. The van der Waals surface area contributed by atoms with Gasteiger partial charge in [-0.15, -0.1) is 0 Å². The van der Waals surface area contributed by atoms with Gasteiger partial charge in [0.15, 0.2) is 6.10 Å². The molecule has 2 aliphatic rings. The van der Waals surface area contributed by atoms with E-state index in [1.54, 1.807) is 24.3 Å². The summed E-state index contributed by atoms with van der Waals surface area (Å²) in [7, 11) is 1.11. The van der Waals surface area contributed by atoms with E-state index < -0.39 is 47.1 Å². The zero-order valence-electron chi connectivity index (χ0n) is 17.4. The third-order valence-corrected chi connectivity index (χ3v) is 5.58. The summed E-state index contributed by atoms with van der Waals surface area (Å²) in [6.07, 6.45) is -1.60. The van der Waals surface area contributed by atoms with Gasteiger partial charge in [0.25, 0.3) is 11.5 Å². The third-order valence-electron chi connectivity index (χ3n) is 5.58. The Balaban J connectivity index is 1.99. The SMILES string of the molecule is CC/C=C\[C@H](O)[C@H](O)C1=C(C)C(=O)[C@]2(O1)C(=O)N[C@](OC)(C(=O)c1ccccc1)C2O. The summed E-state index contributed by atoms with van der Waals surface area (Å²) in [6, 6.07) is 7.82. The van der Waals surface area contributed by atoms with Gasteiger partial charge in [-0.1, -0.05) is 49.4 Å². The first-order valence-electron chi connectivity index (χ1n) is 9.80. The molecule has 2 heterocycles. The zero-order chi connectivity index (χ0) is 23.0. The third kappa shape index (κ3) is 3.30. The fraction of sp³-hybridized carbons (Fsp3) is 0.409. The highest BCUT2D eigenvalue weighted by Gasteiger charge is 2.74. The Kier molecular flexibility index (Phi) is 6.15. The number of Topliss-reactive ketones (excluding diaryl/α,β-unsaturated/α-hetero) is 2. The van der Waals surface area contributed by atoms with E-state index in [9.17, 15) is 29.7 Å². The molecule has 1 amide bonds. The van der Waals surface area contributed by atoms with Crippen molar-refractivity contribution in [2.45, 2.75) is 49.9 Å². The van der Waals surface area contributed by atoms with E-state index in [0.717, 1.165) is 7.11 Å². The van der Waals surface area contributed by atoms with Crippen molar-refractivity contribution in [3.63, 3.8) is 0 Å². The molecule has 1 aromatic rings. The molecule has 3 rings (SSSR count). The topological polar surface area (TPSA) is 142 Å². The van der Waals surface area contributed by atoms with Crippen molar-refractivity contribution in [2.24, 2.45) is 0 Å². The van der Waals surface area contributed by atoms with Gasteiger partial charge in [-0.25, -0.2) is 0 Å². The maximum absolute atomic E-state index is 13.1. The number of ether oxygens (including phenoxy) is 2. The van der Waals surface area contributed by atoms with Gasteiger partial charge < -0.3 is 30.1 Å². The minimum absolute atomic E-state index is 0.135. The standard InChI is InChI=1S/C22H25NO8/c1-4-5-11-14(24)15(25)16-12(2)17(26)21(31-16)19(28)22(30-3,23-20(21)29)18(27)13-9-7-6-8-10-13/h5-11,14-15,19,24-25,28H,4H2,1-3H3,(H,23,29)/b11-5-/t14-,15-,19?,21+,22-/m0/s1. The second kappa shape index (κ2) is 8.35. The Hall–Kier alpha value is -2.85. The monoisotopic (exact) mass is 431 g/mol. The number of hydrogen-bond donors (Lipinski definition) is 4. The van der Waals surface area contributed by atoms with E-state index in [-0.39, 0.29) is 16.9 Å². The van der Waals surface area contributed by atoms with E-state index in [1.807, 2.05) is 6.92 Å². The highest BCUT2D eigenvalue weighted by atomic mass is 16.6. The molecule has 9 heteroatoms. The summed E-state index contributed by atoms with van der Waals surface area (Å²) in [6.45, 7) is 3.13. The molecule has 166 valence electrons. The van der Waals surface area contributed by atoms with Crippen LogP contribution in [0, 0.1) is 0 Å². The van der Waals surface area contributed by atoms with E-state index in [1.165, 1.54) is 25.1 Å². The number of methoxy groups -OCH3 is 1. The van der Waals surface area contributed by atoms with Crippen LogP contribution in [0.4, 0.5) is 0 Å². The zero-order valence-corrected chi connectivity index (χ0v) is 17.4. The second-order valence-corrected chi connectivity index (χ2v) is 7.42. The number of amides is 1. The van der Waals surface area contributed by atoms with Crippen LogP contribution in [0.1, 0.15) is 30.6 Å². The molecule has 0 aliphatic carbocycles. The number of allylic oxidation sites excluding steroid dienone is 1. The average molecular weight is 431 g/mol. The van der Waals surface area contributed by atoms with E-state index in [0.29, 0.717) is 6.42 Å². The number of nitrogens with one attached hydrogen (secondary N) is 1. The maximum Gasteiger partial charge on any atom is 0.278 e. The molecule has 5 atom stereocenters. The predicted octanol–water partition coefficient (Wildman–Crippen LogP) is 0.00280. The van der Waals surface area contributed by atoms with Crippen molar-refractivity contribution in [1.29, 1.82) is 0 Å². The summed E-state index contributed by atoms with van der Waals surface area (Å²) in [4.78, 5) is 39.2. The molecule has 1 saturated heterocycles.